The molecule has 0 heterocycles. The summed E-state index contributed by atoms with van der Waals surface area (Å²) in [5, 5.41) is 0. The smallest absolute Gasteiger partial charge is 0.134 e. The predicted molar refractivity (Wildman–Crippen MR) is 54.1 cm³/mol. The Kier molecular flexibility index (Phi) is 3.76. The molecule has 0 spiro atoms. The second-order valence-electron chi connectivity index (χ2n) is 2.46. The van der Waals surface area contributed by atoms with E-state index in [1.807, 2.05) is 32.0 Å². The Hall–Kier alpha value is -0.340. The van der Waals surface area contributed by atoms with E-state index in [1.54, 1.807) is 0 Å². The molecule has 0 unspecified atom stereocenters. The lowest BCUT2D eigenvalue weighted by molar-refractivity contribution is 0.332. The Morgan fingerprint density at radius 3 is 2.83 bits per heavy atom. The highest BCUT2D eigenvalue weighted by Crippen LogP contribution is 2.32. The minimum Gasteiger partial charge on any atom is -0.493 e. The van der Waals surface area contributed by atoms with E-state index >= 15 is 0 Å². The summed E-state index contributed by atoms with van der Waals surface area (Å²) in [4.78, 5) is 0.976. The molecule has 0 N–H and O–H groups in total. The first kappa shape index (κ1) is 9.75. The van der Waals surface area contributed by atoms with Gasteiger partial charge in [-0.1, -0.05) is 6.07 Å². The zero-order valence-corrected chi connectivity index (χ0v) is 8.71. The highest BCUT2D eigenvalue weighted by molar-refractivity contribution is 8.21. The maximum atomic E-state index is 5.66. The van der Waals surface area contributed by atoms with E-state index < -0.39 is 0 Å². The number of benzene rings is 1. The molecule has 1 rings (SSSR count). The van der Waals surface area contributed by atoms with Gasteiger partial charge in [0.15, 0.2) is 0 Å². The van der Waals surface area contributed by atoms with Gasteiger partial charge >= 0.3 is 0 Å². The number of halogens is 1. The molecule has 0 bridgehead atoms. The van der Waals surface area contributed by atoms with Crippen molar-refractivity contribution in [3.05, 3.63) is 23.8 Å². The summed E-state index contributed by atoms with van der Waals surface area (Å²) in [6, 6.07) is 5.99. The summed E-state index contributed by atoms with van der Waals surface area (Å²) in [5.74, 6) is 0.873. The van der Waals surface area contributed by atoms with Crippen LogP contribution in [0.4, 0.5) is 0 Å². The molecule has 0 amide bonds. The third kappa shape index (κ3) is 2.32. The Morgan fingerprint density at radius 2 is 2.25 bits per heavy atom. The van der Waals surface area contributed by atoms with Crippen LogP contribution in [0.25, 0.3) is 0 Å². The van der Waals surface area contributed by atoms with E-state index in [2.05, 4.69) is 0 Å². The molecule has 0 saturated carbocycles. The molecule has 0 aliphatic heterocycles. The normalized spacial score (nSPS) is 9.92. The van der Waals surface area contributed by atoms with Crippen molar-refractivity contribution in [1.82, 2.24) is 0 Å². The Bertz CT molecular complexity index is 263. The quantitative estimate of drug-likeness (QED) is 0.740. The highest BCUT2D eigenvalue weighted by atomic mass is 35.7. The number of aryl methyl sites for hydroxylation is 1. The van der Waals surface area contributed by atoms with Crippen LogP contribution < -0.4 is 4.74 Å². The van der Waals surface area contributed by atoms with Gasteiger partial charge in [0.05, 0.1) is 11.5 Å². The van der Waals surface area contributed by atoms with Crippen LogP contribution in [0.5, 0.6) is 5.75 Å². The average molecular weight is 203 g/mol. The van der Waals surface area contributed by atoms with Gasteiger partial charge in [-0.05, 0) is 53.2 Å². The molecule has 1 aromatic rings. The highest BCUT2D eigenvalue weighted by Gasteiger charge is 2.02. The fourth-order valence-electron chi connectivity index (χ4n) is 0.947. The van der Waals surface area contributed by atoms with Gasteiger partial charge in [-0.25, -0.2) is 0 Å². The second kappa shape index (κ2) is 4.63. The lowest BCUT2D eigenvalue weighted by Crippen LogP contribution is -1.93. The largest absolute Gasteiger partial charge is 0.493 e. The topological polar surface area (TPSA) is 9.23 Å². The molecule has 0 aliphatic rings. The minimum atomic E-state index is 0.675. The molecular formula is C9H11ClOS. The van der Waals surface area contributed by atoms with Gasteiger partial charge in [0.2, 0.25) is 0 Å². The molecular weight excluding hydrogens is 192 g/mol. The molecule has 66 valence electrons. The minimum absolute atomic E-state index is 0.675. The summed E-state index contributed by atoms with van der Waals surface area (Å²) in [6.45, 7) is 4.67. The molecule has 0 fully saturated rings. The Balaban J connectivity index is 2.95. The van der Waals surface area contributed by atoms with Gasteiger partial charge in [-0.15, -0.1) is 0 Å². The molecule has 1 aromatic carbocycles. The van der Waals surface area contributed by atoms with Gasteiger partial charge in [0.1, 0.15) is 5.75 Å². The maximum Gasteiger partial charge on any atom is 0.134 e. The fourth-order valence-corrected chi connectivity index (χ4v) is 1.64. The third-order valence-electron chi connectivity index (χ3n) is 1.48. The van der Waals surface area contributed by atoms with Gasteiger partial charge < -0.3 is 4.74 Å². The SMILES string of the molecule is CCOc1cc(C)ccc1SCl. The van der Waals surface area contributed by atoms with Crippen LogP contribution in [0.15, 0.2) is 23.1 Å². The monoisotopic (exact) mass is 202 g/mol. The standard InChI is InChI=1S/C9H11ClOS/c1-3-11-8-6-7(2)4-5-9(8)12-10/h4-6H,3H2,1-2H3. The van der Waals surface area contributed by atoms with E-state index in [1.165, 1.54) is 16.5 Å². The number of hydrogen-bond donors (Lipinski definition) is 0. The van der Waals surface area contributed by atoms with E-state index in [0.717, 1.165) is 10.6 Å². The van der Waals surface area contributed by atoms with Gasteiger partial charge in [-0.3, -0.25) is 0 Å². The first-order valence-electron chi connectivity index (χ1n) is 3.80. The zero-order valence-electron chi connectivity index (χ0n) is 7.13. The number of ether oxygens (including phenoxy) is 1. The summed E-state index contributed by atoms with van der Waals surface area (Å²) >= 11 is 0. The average Bonchev–Trinajstić information content (AvgIpc) is 2.05. The van der Waals surface area contributed by atoms with Crippen LogP contribution in [-0.2, 0) is 0 Å². The Labute approximate surface area is 81.6 Å². The zero-order chi connectivity index (χ0) is 8.97. The molecule has 12 heavy (non-hydrogen) atoms. The fraction of sp³-hybridized carbons (Fsp3) is 0.333. The number of hydrogen-bond acceptors (Lipinski definition) is 2. The molecule has 1 nitrogen and oxygen atoms in total. The summed E-state index contributed by atoms with van der Waals surface area (Å²) in [6.07, 6.45) is 0. The lowest BCUT2D eigenvalue weighted by Gasteiger charge is -2.07. The summed E-state index contributed by atoms with van der Waals surface area (Å²) in [5.41, 5.74) is 1.19. The van der Waals surface area contributed by atoms with Crippen LogP contribution in [0.1, 0.15) is 12.5 Å². The van der Waals surface area contributed by atoms with Crippen LogP contribution in [-0.4, -0.2) is 6.61 Å². The van der Waals surface area contributed by atoms with E-state index in [0.29, 0.717) is 6.61 Å². The number of rotatable bonds is 3. The van der Waals surface area contributed by atoms with Crippen molar-refractivity contribution in [3.63, 3.8) is 0 Å². The van der Waals surface area contributed by atoms with Gasteiger partial charge in [-0.2, -0.15) is 0 Å². The van der Waals surface area contributed by atoms with Crippen molar-refractivity contribution < 1.29 is 4.74 Å². The van der Waals surface area contributed by atoms with E-state index in [9.17, 15) is 0 Å². The van der Waals surface area contributed by atoms with Crippen molar-refractivity contribution in [3.8, 4) is 5.75 Å². The third-order valence-corrected chi connectivity index (χ3v) is 2.48. The van der Waals surface area contributed by atoms with Crippen LogP contribution in [0.3, 0.4) is 0 Å². The summed E-state index contributed by atoms with van der Waals surface area (Å²) < 4.78 is 5.40. The van der Waals surface area contributed by atoms with Crippen molar-refractivity contribution in [2.75, 3.05) is 6.61 Å². The van der Waals surface area contributed by atoms with Crippen LogP contribution in [0, 0.1) is 6.92 Å². The molecule has 0 saturated heterocycles. The Morgan fingerprint density at radius 1 is 1.50 bits per heavy atom. The van der Waals surface area contributed by atoms with E-state index in [-0.39, 0.29) is 0 Å². The van der Waals surface area contributed by atoms with Crippen LogP contribution in [0.2, 0.25) is 0 Å². The first-order valence-corrected chi connectivity index (χ1v) is 5.44. The molecule has 0 radical (unpaired) electrons. The second-order valence-corrected chi connectivity index (χ2v) is 3.52. The van der Waals surface area contributed by atoms with Crippen molar-refractivity contribution >= 4 is 21.7 Å². The predicted octanol–water partition coefficient (Wildman–Crippen LogP) is 3.64. The molecule has 0 atom stereocenters. The van der Waals surface area contributed by atoms with Crippen LogP contribution >= 0.6 is 21.7 Å². The van der Waals surface area contributed by atoms with Gasteiger partial charge in [0, 0.05) is 0 Å². The lowest BCUT2D eigenvalue weighted by atomic mass is 10.2. The van der Waals surface area contributed by atoms with Crippen molar-refractivity contribution in [1.29, 1.82) is 0 Å². The molecule has 0 aromatic heterocycles. The molecule has 3 heteroatoms. The van der Waals surface area contributed by atoms with Crippen molar-refractivity contribution in [2.45, 2.75) is 18.7 Å². The van der Waals surface area contributed by atoms with E-state index in [4.69, 9.17) is 15.4 Å². The molecule has 0 aliphatic carbocycles. The summed E-state index contributed by atoms with van der Waals surface area (Å²) in [7, 11) is 6.85. The first-order chi connectivity index (χ1) is 5.77. The van der Waals surface area contributed by atoms with Gasteiger partial charge in [0.25, 0.3) is 0 Å². The maximum absolute atomic E-state index is 5.66. The van der Waals surface area contributed by atoms with Crippen molar-refractivity contribution in [2.24, 2.45) is 0 Å².